The zero-order valence-corrected chi connectivity index (χ0v) is 14.3. The monoisotopic (exact) mass is 344 g/mol. The maximum atomic E-state index is 10.2. The molecule has 0 aliphatic heterocycles. The van der Waals surface area contributed by atoms with Crippen molar-refractivity contribution >= 4 is 22.5 Å². The van der Waals surface area contributed by atoms with Crippen LogP contribution in [0.2, 0.25) is 5.02 Å². The topological polar surface area (TPSA) is 57.3 Å². The second-order valence-electron chi connectivity index (χ2n) is 5.75. The van der Waals surface area contributed by atoms with E-state index in [-0.39, 0.29) is 0 Å². The van der Waals surface area contributed by atoms with Crippen LogP contribution in [-0.4, -0.2) is 30.3 Å². The van der Waals surface area contributed by atoms with E-state index in [1.807, 2.05) is 30.5 Å². The van der Waals surface area contributed by atoms with Gasteiger partial charge in [-0.15, -0.1) is 0 Å². The number of rotatable bonds is 7. The summed E-state index contributed by atoms with van der Waals surface area (Å²) in [6.45, 7) is 1.28. The van der Waals surface area contributed by atoms with Gasteiger partial charge in [0.2, 0.25) is 0 Å². The van der Waals surface area contributed by atoms with Crippen molar-refractivity contribution in [2.24, 2.45) is 0 Å². The Morgan fingerprint density at radius 2 is 2.12 bits per heavy atom. The first-order valence-corrected chi connectivity index (χ1v) is 8.33. The predicted molar refractivity (Wildman–Crippen MR) is 97.8 cm³/mol. The summed E-state index contributed by atoms with van der Waals surface area (Å²) in [6.07, 6.45) is 2.35. The Kier molecular flexibility index (Phi) is 5.41. The molecule has 0 amide bonds. The van der Waals surface area contributed by atoms with E-state index in [4.69, 9.17) is 16.3 Å². The molecule has 0 saturated heterocycles. The number of fused-ring (bicyclic) bond motifs is 1. The van der Waals surface area contributed by atoms with E-state index in [0.29, 0.717) is 11.6 Å². The molecule has 3 N–H and O–H groups in total. The van der Waals surface area contributed by atoms with Gasteiger partial charge in [-0.2, -0.15) is 0 Å². The Labute approximate surface area is 146 Å². The third-order valence-electron chi connectivity index (χ3n) is 4.12. The third-order valence-corrected chi connectivity index (χ3v) is 4.35. The van der Waals surface area contributed by atoms with Crippen LogP contribution in [0.5, 0.6) is 5.75 Å². The van der Waals surface area contributed by atoms with Gasteiger partial charge in [-0.05, 0) is 48.4 Å². The number of aliphatic hydroxyl groups is 1. The lowest BCUT2D eigenvalue weighted by Crippen LogP contribution is -2.23. The smallest absolute Gasteiger partial charge is 0.120 e. The van der Waals surface area contributed by atoms with Gasteiger partial charge in [-0.3, -0.25) is 0 Å². The van der Waals surface area contributed by atoms with Crippen molar-refractivity contribution in [3.05, 3.63) is 64.8 Å². The number of hydrogen-bond donors (Lipinski definition) is 3. The molecular weight excluding hydrogens is 324 g/mol. The van der Waals surface area contributed by atoms with Crippen LogP contribution in [0.3, 0.4) is 0 Å². The van der Waals surface area contributed by atoms with Gasteiger partial charge >= 0.3 is 0 Å². The fraction of sp³-hybridized carbons (Fsp3) is 0.263. The van der Waals surface area contributed by atoms with E-state index in [9.17, 15) is 5.11 Å². The highest BCUT2D eigenvalue weighted by molar-refractivity contribution is 6.30. The second-order valence-corrected chi connectivity index (χ2v) is 6.19. The first-order chi connectivity index (χ1) is 11.7. The number of aliphatic hydroxyl groups excluding tert-OH is 1. The zero-order chi connectivity index (χ0) is 16.9. The molecule has 1 unspecified atom stereocenters. The quantitative estimate of drug-likeness (QED) is 0.573. The average molecular weight is 345 g/mol. The molecule has 5 heteroatoms. The van der Waals surface area contributed by atoms with Gasteiger partial charge in [0.15, 0.2) is 0 Å². The first kappa shape index (κ1) is 16.8. The molecule has 1 aromatic heterocycles. The minimum absolute atomic E-state index is 0.497. The van der Waals surface area contributed by atoms with E-state index < -0.39 is 6.10 Å². The minimum Gasteiger partial charge on any atom is -0.497 e. The molecule has 0 bridgehead atoms. The summed E-state index contributed by atoms with van der Waals surface area (Å²) in [4.78, 5) is 3.27. The Morgan fingerprint density at radius 1 is 1.25 bits per heavy atom. The summed E-state index contributed by atoms with van der Waals surface area (Å²) in [5, 5.41) is 15.3. The van der Waals surface area contributed by atoms with Gasteiger partial charge in [0.05, 0.1) is 13.2 Å². The molecular formula is C19H21ClN2O2. The molecule has 3 aromatic rings. The van der Waals surface area contributed by atoms with Gasteiger partial charge < -0.3 is 20.1 Å². The summed E-state index contributed by atoms with van der Waals surface area (Å²) < 4.78 is 5.24. The number of H-pyrrole nitrogens is 1. The molecule has 126 valence electrons. The standard InChI is InChI=1S/C19H21ClN2O2/c1-24-16-5-6-17-14(11-22-18(17)10-16)7-8-21-12-19(23)13-3-2-4-15(20)9-13/h2-6,9-11,19,21-23H,7-8,12H2,1H3. The lowest BCUT2D eigenvalue weighted by Gasteiger charge is -2.12. The van der Waals surface area contributed by atoms with Crippen molar-refractivity contribution in [2.75, 3.05) is 20.2 Å². The number of aromatic nitrogens is 1. The van der Waals surface area contributed by atoms with E-state index in [0.717, 1.165) is 29.8 Å². The highest BCUT2D eigenvalue weighted by Crippen LogP contribution is 2.23. The van der Waals surface area contributed by atoms with Gasteiger partial charge in [-0.25, -0.2) is 0 Å². The van der Waals surface area contributed by atoms with Crippen LogP contribution < -0.4 is 10.1 Å². The van der Waals surface area contributed by atoms with Crippen molar-refractivity contribution in [3.8, 4) is 5.75 Å². The second kappa shape index (κ2) is 7.71. The van der Waals surface area contributed by atoms with Crippen LogP contribution in [-0.2, 0) is 6.42 Å². The van der Waals surface area contributed by atoms with Gasteiger partial charge in [-0.1, -0.05) is 23.7 Å². The van der Waals surface area contributed by atoms with Crippen molar-refractivity contribution in [3.63, 3.8) is 0 Å². The summed E-state index contributed by atoms with van der Waals surface area (Å²) >= 11 is 5.95. The Morgan fingerprint density at radius 3 is 2.92 bits per heavy atom. The van der Waals surface area contributed by atoms with Crippen molar-refractivity contribution in [2.45, 2.75) is 12.5 Å². The van der Waals surface area contributed by atoms with Crippen molar-refractivity contribution in [1.82, 2.24) is 10.3 Å². The molecule has 0 fully saturated rings. The van der Waals surface area contributed by atoms with Crippen LogP contribution in [0.4, 0.5) is 0 Å². The van der Waals surface area contributed by atoms with E-state index in [1.54, 1.807) is 19.2 Å². The largest absolute Gasteiger partial charge is 0.497 e. The number of ether oxygens (including phenoxy) is 1. The third kappa shape index (κ3) is 3.90. The SMILES string of the molecule is COc1ccc2c(CCNCC(O)c3cccc(Cl)c3)c[nH]c2c1. The molecule has 1 heterocycles. The fourth-order valence-electron chi connectivity index (χ4n) is 2.79. The maximum absolute atomic E-state index is 10.2. The lowest BCUT2D eigenvalue weighted by molar-refractivity contribution is 0.175. The van der Waals surface area contributed by atoms with Gasteiger partial charge in [0.25, 0.3) is 0 Å². The summed E-state index contributed by atoms with van der Waals surface area (Å²) in [5.41, 5.74) is 3.15. The highest BCUT2D eigenvalue weighted by Gasteiger charge is 2.08. The van der Waals surface area contributed by atoms with E-state index in [2.05, 4.69) is 16.4 Å². The number of benzene rings is 2. The molecule has 0 radical (unpaired) electrons. The number of nitrogens with one attached hydrogen (secondary N) is 2. The molecule has 3 rings (SSSR count). The Balaban J connectivity index is 1.53. The average Bonchev–Trinajstić information content (AvgIpc) is 3.00. The maximum Gasteiger partial charge on any atom is 0.120 e. The Bertz CT molecular complexity index is 816. The first-order valence-electron chi connectivity index (χ1n) is 7.95. The normalized spacial score (nSPS) is 12.5. The zero-order valence-electron chi connectivity index (χ0n) is 13.6. The molecule has 0 spiro atoms. The molecule has 0 aliphatic carbocycles. The molecule has 2 aromatic carbocycles. The number of aromatic amines is 1. The van der Waals surface area contributed by atoms with Crippen molar-refractivity contribution < 1.29 is 9.84 Å². The van der Waals surface area contributed by atoms with Gasteiger partial charge in [0, 0.05) is 34.7 Å². The van der Waals surface area contributed by atoms with Crippen LogP contribution in [0.15, 0.2) is 48.7 Å². The molecule has 4 nitrogen and oxygen atoms in total. The molecule has 24 heavy (non-hydrogen) atoms. The number of halogens is 1. The number of hydrogen-bond acceptors (Lipinski definition) is 3. The predicted octanol–water partition coefficient (Wildman–Crippen LogP) is 3.70. The minimum atomic E-state index is -0.559. The van der Waals surface area contributed by atoms with Crippen LogP contribution in [0.25, 0.3) is 10.9 Å². The molecule has 0 saturated carbocycles. The Hall–Kier alpha value is -2.01. The van der Waals surface area contributed by atoms with Crippen LogP contribution in [0.1, 0.15) is 17.2 Å². The van der Waals surface area contributed by atoms with E-state index >= 15 is 0 Å². The highest BCUT2D eigenvalue weighted by atomic mass is 35.5. The van der Waals surface area contributed by atoms with Crippen molar-refractivity contribution in [1.29, 1.82) is 0 Å². The summed E-state index contributed by atoms with van der Waals surface area (Å²) in [7, 11) is 1.67. The molecule has 0 aliphatic rings. The van der Waals surface area contributed by atoms with Crippen LogP contribution in [0, 0.1) is 0 Å². The van der Waals surface area contributed by atoms with E-state index in [1.165, 1.54) is 10.9 Å². The fourth-order valence-corrected chi connectivity index (χ4v) is 2.99. The lowest BCUT2D eigenvalue weighted by atomic mass is 10.1. The van der Waals surface area contributed by atoms with Crippen LogP contribution >= 0.6 is 11.6 Å². The van der Waals surface area contributed by atoms with Gasteiger partial charge in [0.1, 0.15) is 5.75 Å². The summed E-state index contributed by atoms with van der Waals surface area (Å²) in [5.74, 6) is 0.846. The number of methoxy groups -OCH3 is 1. The summed E-state index contributed by atoms with van der Waals surface area (Å²) in [6, 6.07) is 13.4. The molecule has 1 atom stereocenters.